The first-order valence-electron chi connectivity index (χ1n) is 10.1. The second-order valence-corrected chi connectivity index (χ2v) is 7.86. The average Bonchev–Trinajstić information content (AvgIpc) is 3.26. The standard InChI is InChI=1S/C20H23F3N4O5S/c21-20(22,23)32-15-3-1-14(2-4-15)31-12-17(28)25-11-18-26-16(13-33-18)19(29)24-5-6-27-7-9-30-10-8-27/h1-4,13H,5-12H2,(H,24,29)(H,25,28). The van der Waals surface area contributed by atoms with Crippen molar-refractivity contribution in [2.75, 3.05) is 46.0 Å². The molecule has 1 aliphatic rings. The third-order valence-corrected chi connectivity index (χ3v) is 5.31. The third kappa shape index (κ3) is 8.86. The molecule has 0 spiro atoms. The molecule has 13 heteroatoms. The van der Waals surface area contributed by atoms with Crippen LogP contribution < -0.4 is 20.1 Å². The van der Waals surface area contributed by atoms with E-state index in [2.05, 4.69) is 25.3 Å². The summed E-state index contributed by atoms with van der Waals surface area (Å²) in [5, 5.41) is 7.60. The minimum Gasteiger partial charge on any atom is -0.484 e. The van der Waals surface area contributed by atoms with Crippen molar-refractivity contribution in [1.29, 1.82) is 0 Å². The second kappa shape index (κ2) is 11.8. The van der Waals surface area contributed by atoms with Crippen LogP contribution in [-0.4, -0.2) is 74.1 Å². The molecular weight excluding hydrogens is 465 g/mol. The summed E-state index contributed by atoms with van der Waals surface area (Å²) in [6.45, 7) is 4.11. The van der Waals surface area contributed by atoms with Crippen LogP contribution in [0.1, 0.15) is 15.5 Å². The predicted octanol–water partition coefficient (Wildman–Crippen LogP) is 1.80. The molecule has 0 saturated carbocycles. The Morgan fingerprint density at radius 1 is 1.12 bits per heavy atom. The quantitative estimate of drug-likeness (QED) is 0.526. The molecule has 180 valence electrons. The average molecular weight is 488 g/mol. The Bertz CT molecular complexity index is 917. The van der Waals surface area contributed by atoms with Crippen LogP contribution in [-0.2, 0) is 16.1 Å². The summed E-state index contributed by atoms with van der Waals surface area (Å²) in [4.78, 5) is 30.6. The molecule has 1 aromatic heterocycles. The Morgan fingerprint density at radius 3 is 2.52 bits per heavy atom. The Labute approximate surface area is 191 Å². The first-order valence-corrected chi connectivity index (χ1v) is 10.9. The van der Waals surface area contributed by atoms with Gasteiger partial charge in [-0.05, 0) is 24.3 Å². The van der Waals surface area contributed by atoms with Gasteiger partial charge in [0.25, 0.3) is 11.8 Å². The Morgan fingerprint density at radius 2 is 1.82 bits per heavy atom. The maximum Gasteiger partial charge on any atom is 0.573 e. The summed E-state index contributed by atoms with van der Waals surface area (Å²) in [5.74, 6) is -0.898. The van der Waals surface area contributed by atoms with E-state index >= 15 is 0 Å². The van der Waals surface area contributed by atoms with Gasteiger partial charge >= 0.3 is 6.36 Å². The van der Waals surface area contributed by atoms with Crippen LogP contribution in [0.5, 0.6) is 11.5 Å². The Kier molecular flexibility index (Phi) is 8.86. The van der Waals surface area contributed by atoms with Crippen molar-refractivity contribution in [2.24, 2.45) is 0 Å². The molecule has 2 amide bonds. The number of rotatable bonds is 10. The van der Waals surface area contributed by atoms with Crippen LogP contribution in [0, 0.1) is 0 Å². The molecule has 9 nitrogen and oxygen atoms in total. The topological polar surface area (TPSA) is 102 Å². The van der Waals surface area contributed by atoms with E-state index in [4.69, 9.17) is 9.47 Å². The fourth-order valence-corrected chi connectivity index (χ4v) is 3.56. The first kappa shape index (κ1) is 24.7. The van der Waals surface area contributed by atoms with E-state index in [0.717, 1.165) is 31.8 Å². The summed E-state index contributed by atoms with van der Waals surface area (Å²) in [6, 6.07) is 4.70. The summed E-state index contributed by atoms with van der Waals surface area (Å²) in [5.41, 5.74) is 0.281. The van der Waals surface area contributed by atoms with Crippen LogP contribution in [0.4, 0.5) is 13.2 Å². The number of morpholine rings is 1. The third-order valence-electron chi connectivity index (χ3n) is 4.47. The van der Waals surface area contributed by atoms with Gasteiger partial charge in [0.15, 0.2) is 6.61 Å². The van der Waals surface area contributed by atoms with Crippen molar-refractivity contribution in [2.45, 2.75) is 12.9 Å². The number of ether oxygens (including phenoxy) is 3. The van der Waals surface area contributed by atoms with E-state index in [1.165, 1.54) is 23.5 Å². The van der Waals surface area contributed by atoms with Crippen LogP contribution in [0.15, 0.2) is 29.6 Å². The van der Waals surface area contributed by atoms with Crippen molar-refractivity contribution < 1.29 is 37.0 Å². The number of carbonyl (C=O) groups is 2. The van der Waals surface area contributed by atoms with Crippen molar-refractivity contribution in [3.8, 4) is 11.5 Å². The highest BCUT2D eigenvalue weighted by Gasteiger charge is 2.31. The van der Waals surface area contributed by atoms with Crippen molar-refractivity contribution in [1.82, 2.24) is 20.5 Å². The van der Waals surface area contributed by atoms with E-state index in [-0.39, 0.29) is 36.3 Å². The Hall–Kier alpha value is -2.90. The van der Waals surface area contributed by atoms with Gasteiger partial charge in [0.2, 0.25) is 0 Å². The number of benzene rings is 1. The normalized spacial score (nSPS) is 14.5. The monoisotopic (exact) mass is 488 g/mol. The summed E-state index contributed by atoms with van der Waals surface area (Å²) >= 11 is 1.24. The lowest BCUT2D eigenvalue weighted by molar-refractivity contribution is -0.274. The number of nitrogens with zero attached hydrogens (tertiary/aromatic N) is 2. The number of hydrogen-bond donors (Lipinski definition) is 2. The van der Waals surface area contributed by atoms with Gasteiger partial charge in [0.05, 0.1) is 19.8 Å². The fraction of sp³-hybridized carbons (Fsp3) is 0.450. The number of alkyl halides is 3. The maximum atomic E-state index is 12.2. The zero-order valence-corrected chi connectivity index (χ0v) is 18.3. The molecule has 0 atom stereocenters. The lowest BCUT2D eigenvalue weighted by atomic mass is 10.3. The molecule has 0 radical (unpaired) electrons. The van der Waals surface area contributed by atoms with E-state index in [1.807, 2.05) is 0 Å². The summed E-state index contributed by atoms with van der Waals surface area (Å²) in [7, 11) is 0. The number of carbonyl (C=O) groups excluding carboxylic acids is 2. The van der Waals surface area contributed by atoms with Crippen LogP contribution in [0.2, 0.25) is 0 Å². The molecule has 1 aliphatic heterocycles. The molecule has 0 bridgehead atoms. The molecule has 1 aromatic carbocycles. The highest BCUT2D eigenvalue weighted by Crippen LogP contribution is 2.24. The zero-order chi connectivity index (χ0) is 23.7. The molecule has 3 rings (SSSR count). The Balaban J connectivity index is 1.34. The highest BCUT2D eigenvalue weighted by molar-refractivity contribution is 7.09. The molecule has 2 heterocycles. The summed E-state index contributed by atoms with van der Waals surface area (Å²) < 4.78 is 50.7. The van der Waals surface area contributed by atoms with Gasteiger partial charge in [0, 0.05) is 31.6 Å². The first-order chi connectivity index (χ1) is 15.8. The van der Waals surface area contributed by atoms with Crippen LogP contribution in [0.3, 0.4) is 0 Å². The van der Waals surface area contributed by atoms with Crippen LogP contribution in [0.25, 0.3) is 0 Å². The number of hydrogen-bond acceptors (Lipinski definition) is 8. The lowest BCUT2D eigenvalue weighted by Gasteiger charge is -2.26. The molecule has 2 N–H and O–H groups in total. The van der Waals surface area contributed by atoms with Gasteiger partial charge in [0.1, 0.15) is 22.2 Å². The fourth-order valence-electron chi connectivity index (χ4n) is 2.85. The van der Waals surface area contributed by atoms with Gasteiger partial charge in [-0.25, -0.2) is 4.98 Å². The second-order valence-electron chi connectivity index (χ2n) is 6.92. The predicted molar refractivity (Wildman–Crippen MR) is 112 cm³/mol. The number of nitrogens with one attached hydrogen (secondary N) is 2. The molecule has 0 unspecified atom stereocenters. The van der Waals surface area contributed by atoms with Gasteiger partial charge in [-0.3, -0.25) is 14.5 Å². The zero-order valence-electron chi connectivity index (χ0n) is 17.5. The molecule has 1 fully saturated rings. The van der Waals surface area contributed by atoms with Gasteiger partial charge in [-0.1, -0.05) is 0 Å². The van der Waals surface area contributed by atoms with Crippen molar-refractivity contribution >= 4 is 23.2 Å². The van der Waals surface area contributed by atoms with Gasteiger partial charge < -0.3 is 24.8 Å². The van der Waals surface area contributed by atoms with Crippen molar-refractivity contribution in [3.05, 3.63) is 40.3 Å². The number of thiazole rings is 1. The SMILES string of the molecule is O=C(COc1ccc(OC(F)(F)F)cc1)NCc1nc(C(=O)NCCN2CCOCC2)cs1. The number of aromatic nitrogens is 1. The summed E-state index contributed by atoms with van der Waals surface area (Å²) in [6.07, 6.45) is -4.78. The molecule has 33 heavy (non-hydrogen) atoms. The highest BCUT2D eigenvalue weighted by atomic mass is 32.1. The van der Waals surface area contributed by atoms with E-state index in [9.17, 15) is 22.8 Å². The van der Waals surface area contributed by atoms with Crippen LogP contribution >= 0.6 is 11.3 Å². The van der Waals surface area contributed by atoms with Gasteiger partial charge in [-0.15, -0.1) is 24.5 Å². The maximum absolute atomic E-state index is 12.2. The molecule has 1 saturated heterocycles. The van der Waals surface area contributed by atoms with E-state index in [0.29, 0.717) is 24.8 Å². The minimum absolute atomic E-state index is 0.117. The lowest BCUT2D eigenvalue weighted by Crippen LogP contribution is -2.41. The molecular formula is C20H23F3N4O5S. The number of halogens is 3. The number of amides is 2. The minimum atomic E-state index is -4.78. The smallest absolute Gasteiger partial charge is 0.484 e. The van der Waals surface area contributed by atoms with E-state index < -0.39 is 12.3 Å². The largest absolute Gasteiger partial charge is 0.573 e. The molecule has 0 aliphatic carbocycles. The van der Waals surface area contributed by atoms with Gasteiger partial charge in [-0.2, -0.15) is 0 Å². The molecule has 2 aromatic rings. The van der Waals surface area contributed by atoms with Crippen molar-refractivity contribution in [3.63, 3.8) is 0 Å². The van der Waals surface area contributed by atoms with E-state index in [1.54, 1.807) is 5.38 Å².